The zero-order valence-corrected chi connectivity index (χ0v) is 12.5. The minimum absolute atomic E-state index is 0.0160. The van der Waals surface area contributed by atoms with Gasteiger partial charge in [0, 0.05) is 25.2 Å². The largest absolute Gasteiger partial charge is 0.475 e. The molecule has 1 fully saturated rings. The van der Waals surface area contributed by atoms with Gasteiger partial charge in [0.1, 0.15) is 0 Å². The molecule has 1 saturated heterocycles. The highest BCUT2D eigenvalue weighted by molar-refractivity contribution is 5.32. The standard InChI is InChI=1S/C15H24N2O3/c1-4-19-14-13(6-5-7-16-14)20-15(12(2)3)17-8-10-18-11-9-17/h5-7,12,15H,4,8-11H2,1-3H3. The summed E-state index contributed by atoms with van der Waals surface area (Å²) >= 11 is 0. The van der Waals surface area contributed by atoms with Crippen molar-refractivity contribution < 1.29 is 14.2 Å². The molecular weight excluding hydrogens is 256 g/mol. The Balaban J connectivity index is 2.11. The van der Waals surface area contributed by atoms with E-state index in [1.54, 1.807) is 6.20 Å². The lowest BCUT2D eigenvalue weighted by Gasteiger charge is -2.36. The molecule has 1 aliphatic heterocycles. The molecule has 1 aromatic rings. The maximum Gasteiger partial charge on any atom is 0.257 e. The molecule has 1 unspecified atom stereocenters. The SMILES string of the molecule is CCOc1ncccc1OC(C(C)C)N1CCOCC1. The lowest BCUT2D eigenvalue weighted by atomic mass is 10.1. The van der Waals surface area contributed by atoms with Crippen LogP contribution in [0.1, 0.15) is 20.8 Å². The predicted octanol–water partition coefficient (Wildman–Crippen LogP) is 2.17. The highest BCUT2D eigenvalue weighted by atomic mass is 16.5. The third-order valence-electron chi connectivity index (χ3n) is 3.24. The van der Waals surface area contributed by atoms with E-state index in [0.717, 1.165) is 26.3 Å². The molecule has 0 aliphatic carbocycles. The third kappa shape index (κ3) is 3.84. The first-order chi connectivity index (χ1) is 9.72. The van der Waals surface area contributed by atoms with Crippen molar-refractivity contribution in [3.05, 3.63) is 18.3 Å². The van der Waals surface area contributed by atoms with Gasteiger partial charge in [-0.25, -0.2) is 4.98 Å². The van der Waals surface area contributed by atoms with Crippen LogP contribution in [0.2, 0.25) is 0 Å². The molecule has 0 saturated carbocycles. The van der Waals surface area contributed by atoms with Gasteiger partial charge in [0.2, 0.25) is 0 Å². The molecule has 0 N–H and O–H groups in total. The van der Waals surface area contributed by atoms with Crippen molar-refractivity contribution >= 4 is 0 Å². The summed E-state index contributed by atoms with van der Waals surface area (Å²) in [6.07, 6.45) is 1.74. The molecule has 5 nitrogen and oxygen atoms in total. The Hall–Kier alpha value is -1.33. The number of nitrogens with zero attached hydrogens (tertiary/aromatic N) is 2. The molecule has 1 aliphatic rings. The Kier molecular flexibility index (Phi) is 5.61. The second-order valence-corrected chi connectivity index (χ2v) is 5.14. The van der Waals surface area contributed by atoms with Crippen LogP contribution in [0.5, 0.6) is 11.6 Å². The smallest absolute Gasteiger partial charge is 0.257 e. The average Bonchev–Trinajstić information content (AvgIpc) is 2.47. The highest BCUT2D eigenvalue weighted by Crippen LogP contribution is 2.27. The number of hydrogen-bond acceptors (Lipinski definition) is 5. The van der Waals surface area contributed by atoms with Crippen molar-refractivity contribution in [1.29, 1.82) is 0 Å². The van der Waals surface area contributed by atoms with E-state index in [1.807, 2.05) is 19.1 Å². The van der Waals surface area contributed by atoms with Crippen LogP contribution >= 0.6 is 0 Å². The van der Waals surface area contributed by atoms with Crippen molar-refractivity contribution in [3.8, 4) is 11.6 Å². The van der Waals surface area contributed by atoms with Gasteiger partial charge in [0.25, 0.3) is 5.88 Å². The Labute approximate surface area is 120 Å². The van der Waals surface area contributed by atoms with Crippen LogP contribution in [0.25, 0.3) is 0 Å². The minimum atomic E-state index is 0.0160. The van der Waals surface area contributed by atoms with Crippen LogP contribution in [-0.4, -0.2) is 49.0 Å². The van der Waals surface area contributed by atoms with Crippen LogP contribution in [0.4, 0.5) is 0 Å². The fourth-order valence-electron chi connectivity index (χ4n) is 2.31. The van der Waals surface area contributed by atoms with Gasteiger partial charge < -0.3 is 14.2 Å². The lowest BCUT2D eigenvalue weighted by Crippen LogP contribution is -2.48. The summed E-state index contributed by atoms with van der Waals surface area (Å²) in [4.78, 5) is 6.55. The third-order valence-corrected chi connectivity index (χ3v) is 3.24. The molecule has 0 spiro atoms. The molecular formula is C15H24N2O3. The number of rotatable bonds is 6. The molecule has 20 heavy (non-hydrogen) atoms. The molecule has 0 bridgehead atoms. The number of pyridine rings is 1. The molecule has 2 rings (SSSR count). The zero-order valence-electron chi connectivity index (χ0n) is 12.5. The van der Waals surface area contributed by atoms with Gasteiger partial charge >= 0.3 is 0 Å². The van der Waals surface area contributed by atoms with Crippen molar-refractivity contribution in [2.75, 3.05) is 32.9 Å². The second-order valence-electron chi connectivity index (χ2n) is 5.14. The average molecular weight is 280 g/mol. The predicted molar refractivity (Wildman–Crippen MR) is 77.1 cm³/mol. The van der Waals surface area contributed by atoms with E-state index in [4.69, 9.17) is 14.2 Å². The first-order valence-electron chi connectivity index (χ1n) is 7.28. The molecule has 0 amide bonds. The summed E-state index contributed by atoms with van der Waals surface area (Å²) in [6.45, 7) is 10.2. The first kappa shape index (κ1) is 15.1. The summed E-state index contributed by atoms with van der Waals surface area (Å²) in [6, 6.07) is 3.78. The van der Waals surface area contributed by atoms with E-state index in [2.05, 4.69) is 23.7 Å². The van der Waals surface area contributed by atoms with Gasteiger partial charge in [-0.1, -0.05) is 13.8 Å². The van der Waals surface area contributed by atoms with E-state index in [0.29, 0.717) is 24.2 Å². The van der Waals surface area contributed by atoms with Gasteiger partial charge in [0.05, 0.1) is 19.8 Å². The van der Waals surface area contributed by atoms with Crippen molar-refractivity contribution in [2.24, 2.45) is 5.92 Å². The van der Waals surface area contributed by atoms with Crippen LogP contribution in [-0.2, 0) is 4.74 Å². The molecule has 1 atom stereocenters. The normalized spacial score (nSPS) is 18.0. The monoisotopic (exact) mass is 280 g/mol. The lowest BCUT2D eigenvalue weighted by molar-refractivity contribution is -0.0660. The summed E-state index contributed by atoms with van der Waals surface area (Å²) in [5, 5.41) is 0. The van der Waals surface area contributed by atoms with E-state index < -0.39 is 0 Å². The van der Waals surface area contributed by atoms with Crippen LogP contribution in [0, 0.1) is 5.92 Å². The van der Waals surface area contributed by atoms with E-state index in [9.17, 15) is 0 Å². The molecule has 1 aromatic heterocycles. The quantitative estimate of drug-likeness (QED) is 0.799. The number of hydrogen-bond donors (Lipinski definition) is 0. The van der Waals surface area contributed by atoms with Crippen LogP contribution in [0.15, 0.2) is 18.3 Å². The zero-order chi connectivity index (χ0) is 14.4. The van der Waals surface area contributed by atoms with E-state index in [1.165, 1.54) is 0 Å². The number of morpholine rings is 1. The van der Waals surface area contributed by atoms with Crippen LogP contribution in [0.3, 0.4) is 0 Å². The summed E-state index contributed by atoms with van der Waals surface area (Å²) in [5.41, 5.74) is 0. The Bertz CT molecular complexity index is 406. The molecule has 0 aromatic carbocycles. The topological polar surface area (TPSA) is 43.8 Å². The summed E-state index contributed by atoms with van der Waals surface area (Å²) in [5.74, 6) is 1.65. The minimum Gasteiger partial charge on any atom is -0.475 e. The van der Waals surface area contributed by atoms with Gasteiger partial charge in [0.15, 0.2) is 12.0 Å². The van der Waals surface area contributed by atoms with Gasteiger partial charge in [-0.2, -0.15) is 0 Å². The first-order valence-corrected chi connectivity index (χ1v) is 7.28. The number of ether oxygens (including phenoxy) is 3. The Morgan fingerprint density at radius 2 is 2.10 bits per heavy atom. The second kappa shape index (κ2) is 7.45. The molecule has 0 radical (unpaired) electrons. The maximum absolute atomic E-state index is 6.18. The highest BCUT2D eigenvalue weighted by Gasteiger charge is 2.26. The summed E-state index contributed by atoms with van der Waals surface area (Å²) < 4.78 is 17.1. The summed E-state index contributed by atoms with van der Waals surface area (Å²) in [7, 11) is 0. The molecule has 5 heteroatoms. The fraction of sp³-hybridized carbons (Fsp3) is 0.667. The van der Waals surface area contributed by atoms with E-state index >= 15 is 0 Å². The van der Waals surface area contributed by atoms with Crippen LogP contribution < -0.4 is 9.47 Å². The van der Waals surface area contributed by atoms with E-state index in [-0.39, 0.29) is 6.23 Å². The maximum atomic E-state index is 6.18. The molecule has 2 heterocycles. The Morgan fingerprint density at radius 3 is 2.75 bits per heavy atom. The fourth-order valence-corrected chi connectivity index (χ4v) is 2.31. The number of aromatic nitrogens is 1. The van der Waals surface area contributed by atoms with Crippen molar-refractivity contribution in [2.45, 2.75) is 27.0 Å². The molecule has 112 valence electrons. The van der Waals surface area contributed by atoms with Crippen molar-refractivity contribution in [3.63, 3.8) is 0 Å². The van der Waals surface area contributed by atoms with Gasteiger partial charge in [-0.3, -0.25) is 4.90 Å². The van der Waals surface area contributed by atoms with Gasteiger partial charge in [-0.05, 0) is 19.1 Å². The van der Waals surface area contributed by atoms with Gasteiger partial charge in [-0.15, -0.1) is 0 Å². The Morgan fingerprint density at radius 1 is 1.35 bits per heavy atom. The van der Waals surface area contributed by atoms with Crippen molar-refractivity contribution in [1.82, 2.24) is 9.88 Å².